The van der Waals surface area contributed by atoms with Crippen LogP contribution in [0.4, 0.5) is 0 Å². The number of hydrogen-bond acceptors (Lipinski definition) is 3. The number of aryl methyl sites for hydroxylation is 1. The van der Waals surface area contributed by atoms with E-state index in [-0.39, 0.29) is 10.9 Å². The number of sulfonamides is 1. The quantitative estimate of drug-likeness (QED) is 0.875. The molecule has 0 unspecified atom stereocenters. The second-order valence-electron chi connectivity index (χ2n) is 4.90. The van der Waals surface area contributed by atoms with E-state index in [0.717, 1.165) is 18.4 Å². The van der Waals surface area contributed by atoms with Crippen LogP contribution in [0.15, 0.2) is 29.2 Å². The maximum atomic E-state index is 12.2. The second kappa shape index (κ2) is 5.38. The lowest BCUT2D eigenvalue weighted by atomic mass is 9.93. The molecule has 1 aliphatic rings. The van der Waals surface area contributed by atoms with Gasteiger partial charge in [0.1, 0.15) is 0 Å². The van der Waals surface area contributed by atoms with Crippen LogP contribution in [0.3, 0.4) is 0 Å². The Hall–Kier alpha value is -0.910. The average Bonchev–Trinajstić information content (AvgIpc) is 2.32. The minimum atomic E-state index is -3.53. The monoisotopic (exact) mass is 269 g/mol. The zero-order valence-electron chi connectivity index (χ0n) is 10.5. The molecule has 0 spiro atoms. The standard InChI is InChI=1S/C13H19NO3S/c1-10-5-4-6-11(9-10)18(16,17)14-12-7-2-3-8-13(12)15/h4-6,9,12-15H,2-3,7-8H2,1H3/t12-,13-/m0/s1. The van der Waals surface area contributed by atoms with Crippen LogP contribution < -0.4 is 4.72 Å². The van der Waals surface area contributed by atoms with E-state index in [2.05, 4.69) is 4.72 Å². The van der Waals surface area contributed by atoms with Crippen LogP contribution in [0, 0.1) is 6.92 Å². The average molecular weight is 269 g/mol. The van der Waals surface area contributed by atoms with Crippen LogP contribution in [-0.4, -0.2) is 25.7 Å². The fraction of sp³-hybridized carbons (Fsp3) is 0.538. The van der Waals surface area contributed by atoms with Crippen molar-refractivity contribution in [2.24, 2.45) is 0 Å². The van der Waals surface area contributed by atoms with Crippen molar-refractivity contribution < 1.29 is 13.5 Å². The molecule has 0 aromatic heterocycles. The molecule has 0 radical (unpaired) electrons. The lowest BCUT2D eigenvalue weighted by molar-refractivity contribution is 0.101. The summed E-state index contributed by atoms with van der Waals surface area (Å²) in [6.45, 7) is 1.86. The molecular weight excluding hydrogens is 250 g/mol. The third-order valence-corrected chi connectivity index (χ3v) is 4.82. The van der Waals surface area contributed by atoms with Gasteiger partial charge in [0.25, 0.3) is 0 Å². The predicted octanol–water partition coefficient (Wildman–Crippen LogP) is 1.58. The van der Waals surface area contributed by atoms with Crippen LogP contribution in [0.25, 0.3) is 0 Å². The first-order chi connectivity index (χ1) is 8.49. The van der Waals surface area contributed by atoms with Crippen molar-refractivity contribution in [3.05, 3.63) is 29.8 Å². The maximum absolute atomic E-state index is 12.2. The summed E-state index contributed by atoms with van der Waals surface area (Å²) in [5.41, 5.74) is 0.905. The number of nitrogens with one attached hydrogen (secondary N) is 1. The van der Waals surface area contributed by atoms with Crippen molar-refractivity contribution in [3.8, 4) is 0 Å². The van der Waals surface area contributed by atoms with E-state index >= 15 is 0 Å². The molecule has 2 atom stereocenters. The van der Waals surface area contributed by atoms with Gasteiger partial charge in [-0.1, -0.05) is 25.0 Å². The van der Waals surface area contributed by atoms with Gasteiger partial charge in [0, 0.05) is 6.04 Å². The van der Waals surface area contributed by atoms with E-state index < -0.39 is 16.1 Å². The lowest BCUT2D eigenvalue weighted by Crippen LogP contribution is -2.44. The van der Waals surface area contributed by atoms with Gasteiger partial charge in [0.05, 0.1) is 11.0 Å². The largest absolute Gasteiger partial charge is 0.391 e. The zero-order chi connectivity index (χ0) is 13.2. The molecule has 0 aliphatic heterocycles. The van der Waals surface area contributed by atoms with Crippen molar-refractivity contribution in [3.63, 3.8) is 0 Å². The van der Waals surface area contributed by atoms with Gasteiger partial charge in [-0.2, -0.15) is 0 Å². The summed E-state index contributed by atoms with van der Waals surface area (Å²) in [5.74, 6) is 0. The fourth-order valence-electron chi connectivity index (χ4n) is 2.30. The summed E-state index contributed by atoms with van der Waals surface area (Å²) >= 11 is 0. The Morgan fingerprint density at radius 3 is 2.67 bits per heavy atom. The first-order valence-corrected chi connectivity index (χ1v) is 7.74. The first kappa shape index (κ1) is 13.5. The molecule has 4 nitrogen and oxygen atoms in total. The smallest absolute Gasteiger partial charge is 0.240 e. The summed E-state index contributed by atoms with van der Waals surface area (Å²) in [6.07, 6.45) is 2.72. The molecule has 0 heterocycles. The summed E-state index contributed by atoms with van der Waals surface area (Å²) in [7, 11) is -3.53. The van der Waals surface area contributed by atoms with E-state index in [1.165, 1.54) is 0 Å². The number of rotatable bonds is 3. The summed E-state index contributed by atoms with van der Waals surface area (Å²) in [4.78, 5) is 0.264. The van der Waals surface area contributed by atoms with E-state index in [4.69, 9.17) is 0 Å². The maximum Gasteiger partial charge on any atom is 0.240 e. The highest BCUT2D eigenvalue weighted by Gasteiger charge is 2.27. The second-order valence-corrected chi connectivity index (χ2v) is 6.61. The zero-order valence-corrected chi connectivity index (χ0v) is 11.3. The van der Waals surface area contributed by atoms with E-state index in [1.807, 2.05) is 13.0 Å². The minimum absolute atomic E-state index is 0.264. The molecule has 1 aromatic carbocycles. The molecule has 5 heteroatoms. The topological polar surface area (TPSA) is 66.4 Å². The van der Waals surface area contributed by atoms with E-state index in [0.29, 0.717) is 12.8 Å². The Kier molecular flexibility index (Phi) is 4.04. The highest BCUT2D eigenvalue weighted by Crippen LogP contribution is 2.20. The van der Waals surface area contributed by atoms with E-state index in [9.17, 15) is 13.5 Å². The van der Waals surface area contributed by atoms with Gasteiger partial charge in [0.2, 0.25) is 10.0 Å². The number of hydrogen-bond donors (Lipinski definition) is 2. The van der Waals surface area contributed by atoms with Gasteiger partial charge in [-0.25, -0.2) is 13.1 Å². The van der Waals surface area contributed by atoms with Gasteiger partial charge in [-0.05, 0) is 37.5 Å². The van der Waals surface area contributed by atoms with Crippen molar-refractivity contribution in [2.75, 3.05) is 0 Å². The molecule has 1 aromatic rings. The van der Waals surface area contributed by atoms with Gasteiger partial charge in [0.15, 0.2) is 0 Å². The molecule has 1 saturated carbocycles. The summed E-state index contributed by atoms with van der Waals surface area (Å²) in [6, 6.07) is 6.43. The van der Waals surface area contributed by atoms with Crippen molar-refractivity contribution >= 4 is 10.0 Å². The lowest BCUT2D eigenvalue weighted by Gasteiger charge is -2.28. The molecule has 2 N–H and O–H groups in total. The van der Waals surface area contributed by atoms with Crippen LogP contribution in [-0.2, 0) is 10.0 Å². The number of aliphatic hydroxyl groups is 1. The molecule has 2 rings (SSSR count). The van der Waals surface area contributed by atoms with Gasteiger partial charge in [-0.3, -0.25) is 0 Å². The molecular formula is C13H19NO3S. The molecule has 0 amide bonds. The molecule has 100 valence electrons. The molecule has 0 saturated heterocycles. The summed E-state index contributed by atoms with van der Waals surface area (Å²) in [5, 5.41) is 9.81. The third-order valence-electron chi connectivity index (χ3n) is 3.34. The Morgan fingerprint density at radius 1 is 1.28 bits per heavy atom. The predicted molar refractivity (Wildman–Crippen MR) is 69.8 cm³/mol. The number of benzene rings is 1. The minimum Gasteiger partial charge on any atom is -0.391 e. The SMILES string of the molecule is Cc1cccc(S(=O)(=O)N[C@H]2CCCC[C@@H]2O)c1. The Morgan fingerprint density at radius 2 is 2.00 bits per heavy atom. The third kappa shape index (κ3) is 3.10. The normalized spacial score (nSPS) is 25.0. The van der Waals surface area contributed by atoms with Gasteiger partial charge in [-0.15, -0.1) is 0 Å². The van der Waals surface area contributed by atoms with Gasteiger partial charge >= 0.3 is 0 Å². The Labute approximate surface area is 108 Å². The molecule has 18 heavy (non-hydrogen) atoms. The van der Waals surface area contributed by atoms with Crippen molar-refractivity contribution in [1.29, 1.82) is 0 Å². The van der Waals surface area contributed by atoms with Crippen molar-refractivity contribution in [1.82, 2.24) is 4.72 Å². The van der Waals surface area contributed by atoms with Gasteiger partial charge < -0.3 is 5.11 Å². The van der Waals surface area contributed by atoms with Crippen molar-refractivity contribution in [2.45, 2.75) is 49.6 Å². The molecule has 1 fully saturated rings. The molecule has 0 bridgehead atoms. The van der Waals surface area contributed by atoms with E-state index in [1.54, 1.807) is 18.2 Å². The van der Waals surface area contributed by atoms with Crippen LogP contribution in [0.1, 0.15) is 31.2 Å². The first-order valence-electron chi connectivity index (χ1n) is 6.26. The summed E-state index contributed by atoms with van der Waals surface area (Å²) < 4.78 is 27.0. The van der Waals surface area contributed by atoms with Crippen LogP contribution in [0.5, 0.6) is 0 Å². The van der Waals surface area contributed by atoms with Crippen LogP contribution >= 0.6 is 0 Å². The molecule has 1 aliphatic carbocycles. The number of aliphatic hydroxyl groups excluding tert-OH is 1. The fourth-order valence-corrected chi connectivity index (χ4v) is 3.71. The Balaban J connectivity index is 2.16. The highest BCUT2D eigenvalue weighted by molar-refractivity contribution is 7.89. The highest BCUT2D eigenvalue weighted by atomic mass is 32.2. The van der Waals surface area contributed by atoms with Crippen LogP contribution in [0.2, 0.25) is 0 Å². The Bertz CT molecular complexity index is 513.